The fourth-order valence-corrected chi connectivity index (χ4v) is 2.15. The summed E-state index contributed by atoms with van der Waals surface area (Å²) in [6.07, 6.45) is 3.27. The minimum absolute atomic E-state index is 0.229. The summed E-state index contributed by atoms with van der Waals surface area (Å²) in [5.74, 6) is 0.611. The average Bonchev–Trinajstić information content (AvgIpc) is 3.07. The van der Waals surface area contributed by atoms with Crippen LogP contribution < -0.4 is 10.6 Å². The lowest BCUT2D eigenvalue weighted by molar-refractivity contribution is 0.102. The molecule has 0 bridgehead atoms. The predicted octanol–water partition coefficient (Wildman–Crippen LogP) is 3.85. The van der Waals surface area contributed by atoms with E-state index in [4.69, 9.17) is 4.42 Å². The molecular weight excluding hydrogens is 290 g/mol. The van der Waals surface area contributed by atoms with E-state index in [1.165, 1.54) is 0 Å². The number of carbonyl (C=O) groups excluding carboxylic acids is 1. The van der Waals surface area contributed by atoms with Crippen LogP contribution in [0.1, 0.15) is 21.8 Å². The molecule has 5 heteroatoms. The Morgan fingerprint density at radius 1 is 1.13 bits per heavy atom. The van der Waals surface area contributed by atoms with E-state index in [9.17, 15) is 4.79 Å². The van der Waals surface area contributed by atoms with Crippen LogP contribution in [0.15, 0.2) is 65.4 Å². The lowest BCUT2D eigenvalue weighted by atomic mass is 10.2. The number of furan rings is 1. The third kappa shape index (κ3) is 3.97. The number of aromatic nitrogens is 1. The maximum absolute atomic E-state index is 12.2. The van der Waals surface area contributed by atoms with Crippen LogP contribution >= 0.6 is 0 Å². The van der Waals surface area contributed by atoms with Gasteiger partial charge in [0.1, 0.15) is 11.5 Å². The lowest BCUT2D eigenvalue weighted by Crippen LogP contribution is -2.13. The quantitative estimate of drug-likeness (QED) is 0.751. The second-order valence-corrected chi connectivity index (χ2v) is 5.19. The Labute approximate surface area is 134 Å². The SMILES string of the molecule is Cc1cccc(NC(=O)c2ccc(NCc3ccco3)cn2)c1. The number of hydrogen-bond acceptors (Lipinski definition) is 4. The van der Waals surface area contributed by atoms with E-state index < -0.39 is 0 Å². The van der Waals surface area contributed by atoms with E-state index in [0.29, 0.717) is 12.2 Å². The summed E-state index contributed by atoms with van der Waals surface area (Å²) in [6, 6.07) is 14.9. The van der Waals surface area contributed by atoms with E-state index in [0.717, 1.165) is 22.7 Å². The zero-order valence-corrected chi connectivity index (χ0v) is 12.7. The highest BCUT2D eigenvalue weighted by molar-refractivity contribution is 6.02. The first-order valence-electron chi connectivity index (χ1n) is 7.31. The summed E-state index contributed by atoms with van der Waals surface area (Å²) in [5, 5.41) is 6.02. The number of aryl methyl sites for hydroxylation is 1. The molecule has 0 saturated heterocycles. The molecule has 0 aliphatic carbocycles. The number of pyridine rings is 1. The zero-order chi connectivity index (χ0) is 16.1. The Morgan fingerprint density at radius 2 is 2.04 bits per heavy atom. The zero-order valence-electron chi connectivity index (χ0n) is 12.7. The molecule has 1 aromatic carbocycles. The van der Waals surface area contributed by atoms with Gasteiger partial charge in [0.05, 0.1) is 24.7 Å². The highest BCUT2D eigenvalue weighted by Crippen LogP contribution is 2.13. The fraction of sp³-hybridized carbons (Fsp3) is 0.111. The number of carbonyl (C=O) groups is 1. The van der Waals surface area contributed by atoms with Gasteiger partial charge >= 0.3 is 0 Å². The summed E-state index contributed by atoms with van der Waals surface area (Å²) in [6.45, 7) is 2.55. The van der Waals surface area contributed by atoms with E-state index in [-0.39, 0.29) is 5.91 Å². The Morgan fingerprint density at radius 3 is 2.74 bits per heavy atom. The molecule has 116 valence electrons. The second-order valence-electron chi connectivity index (χ2n) is 5.19. The average molecular weight is 307 g/mol. The van der Waals surface area contributed by atoms with Crippen molar-refractivity contribution in [2.45, 2.75) is 13.5 Å². The van der Waals surface area contributed by atoms with Crippen LogP contribution in [0.3, 0.4) is 0 Å². The van der Waals surface area contributed by atoms with Gasteiger partial charge in [-0.1, -0.05) is 12.1 Å². The van der Waals surface area contributed by atoms with Gasteiger partial charge in [0.25, 0.3) is 5.91 Å². The van der Waals surface area contributed by atoms with Gasteiger partial charge in [-0.15, -0.1) is 0 Å². The van der Waals surface area contributed by atoms with Crippen molar-refractivity contribution in [3.05, 3.63) is 78.0 Å². The van der Waals surface area contributed by atoms with E-state index in [1.807, 2.05) is 49.4 Å². The Kier molecular flexibility index (Phi) is 4.38. The Hall–Kier alpha value is -3.08. The van der Waals surface area contributed by atoms with Crippen molar-refractivity contribution in [3.8, 4) is 0 Å². The summed E-state index contributed by atoms with van der Waals surface area (Å²) >= 11 is 0. The van der Waals surface area contributed by atoms with E-state index >= 15 is 0 Å². The number of amides is 1. The molecule has 0 spiro atoms. The van der Waals surface area contributed by atoms with Crippen LogP contribution in [0.2, 0.25) is 0 Å². The number of nitrogens with one attached hydrogen (secondary N) is 2. The number of benzene rings is 1. The molecule has 3 aromatic rings. The number of hydrogen-bond donors (Lipinski definition) is 2. The molecule has 1 amide bonds. The second kappa shape index (κ2) is 6.79. The van der Waals surface area contributed by atoms with Gasteiger partial charge in [0, 0.05) is 5.69 Å². The molecule has 23 heavy (non-hydrogen) atoms. The van der Waals surface area contributed by atoms with Crippen LogP contribution in [-0.4, -0.2) is 10.9 Å². The molecule has 2 heterocycles. The molecule has 0 unspecified atom stereocenters. The fourth-order valence-electron chi connectivity index (χ4n) is 2.15. The van der Waals surface area contributed by atoms with Crippen LogP contribution in [0.25, 0.3) is 0 Å². The van der Waals surface area contributed by atoms with E-state index in [1.54, 1.807) is 18.5 Å². The molecule has 3 rings (SSSR count). The van der Waals surface area contributed by atoms with Crippen LogP contribution in [0, 0.1) is 6.92 Å². The molecule has 5 nitrogen and oxygen atoms in total. The van der Waals surface area contributed by atoms with Gasteiger partial charge < -0.3 is 15.1 Å². The molecule has 0 aliphatic rings. The minimum atomic E-state index is -0.229. The predicted molar refractivity (Wildman–Crippen MR) is 89.4 cm³/mol. The molecule has 0 aliphatic heterocycles. The summed E-state index contributed by atoms with van der Waals surface area (Å²) in [7, 11) is 0. The standard InChI is InChI=1S/C18H17N3O2/c1-13-4-2-5-14(10-13)21-18(22)17-8-7-15(11-20-17)19-12-16-6-3-9-23-16/h2-11,19H,12H2,1H3,(H,21,22). The summed E-state index contributed by atoms with van der Waals surface area (Å²) < 4.78 is 5.25. The van der Waals surface area contributed by atoms with Gasteiger partial charge in [0.2, 0.25) is 0 Å². The monoisotopic (exact) mass is 307 g/mol. The molecule has 2 N–H and O–H groups in total. The molecule has 0 atom stereocenters. The molecule has 0 fully saturated rings. The van der Waals surface area contributed by atoms with Gasteiger partial charge in [-0.25, -0.2) is 4.98 Å². The first-order chi connectivity index (χ1) is 11.2. The molecular formula is C18H17N3O2. The highest BCUT2D eigenvalue weighted by atomic mass is 16.3. The molecule has 0 radical (unpaired) electrons. The largest absolute Gasteiger partial charge is 0.467 e. The Bertz CT molecular complexity index is 780. The van der Waals surface area contributed by atoms with Gasteiger partial charge in [-0.05, 0) is 48.9 Å². The Balaban J connectivity index is 1.61. The van der Waals surface area contributed by atoms with Gasteiger partial charge in [0.15, 0.2) is 0 Å². The lowest BCUT2D eigenvalue weighted by Gasteiger charge is -2.07. The van der Waals surface area contributed by atoms with Crippen molar-refractivity contribution in [3.63, 3.8) is 0 Å². The number of anilines is 2. The summed E-state index contributed by atoms with van der Waals surface area (Å²) in [5.41, 5.74) is 3.05. The first kappa shape index (κ1) is 14.8. The van der Waals surface area contributed by atoms with Crippen molar-refractivity contribution in [1.29, 1.82) is 0 Å². The van der Waals surface area contributed by atoms with Gasteiger partial charge in [-0.3, -0.25) is 4.79 Å². The third-order valence-electron chi connectivity index (χ3n) is 3.32. The normalized spacial score (nSPS) is 10.3. The maximum Gasteiger partial charge on any atom is 0.274 e. The van der Waals surface area contributed by atoms with Crippen molar-refractivity contribution in [2.75, 3.05) is 10.6 Å². The van der Waals surface area contributed by atoms with Crippen LogP contribution in [0.4, 0.5) is 11.4 Å². The minimum Gasteiger partial charge on any atom is -0.467 e. The molecule has 2 aromatic heterocycles. The number of rotatable bonds is 5. The van der Waals surface area contributed by atoms with Gasteiger partial charge in [-0.2, -0.15) is 0 Å². The maximum atomic E-state index is 12.2. The van der Waals surface area contributed by atoms with E-state index in [2.05, 4.69) is 15.6 Å². The highest BCUT2D eigenvalue weighted by Gasteiger charge is 2.07. The smallest absolute Gasteiger partial charge is 0.274 e. The summed E-state index contributed by atoms with van der Waals surface area (Å²) in [4.78, 5) is 16.4. The van der Waals surface area contributed by atoms with Crippen LogP contribution in [-0.2, 0) is 6.54 Å². The third-order valence-corrected chi connectivity index (χ3v) is 3.32. The number of nitrogens with zero attached hydrogens (tertiary/aromatic N) is 1. The van der Waals surface area contributed by atoms with Crippen molar-refractivity contribution < 1.29 is 9.21 Å². The molecule has 0 saturated carbocycles. The first-order valence-corrected chi connectivity index (χ1v) is 7.31. The van der Waals surface area contributed by atoms with Crippen molar-refractivity contribution >= 4 is 17.3 Å². The van der Waals surface area contributed by atoms with Crippen molar-refractivity contribution in [2.24, 2.45) is 0 Å². The van der Waals surface area contributed by atoms with Crippen molar-refractivity contribution in [1.82, 2.24) is 4.98 Å². The van der Waals surface area contributed by atoms with Crippen LogP contribution in [0.5, 0.6) is 0 Å². The topological polar surface area (TPSA) is 67.2 Å².